The van der Waals surface area contributed by atoms with E-state index in [0.29, 0.717) is 28.5 Å². The first kappa shape index (κ1) is 12.9. The second kappa shape index (κ2) is 4.78. The lowest BCUT2D eigenvalue weighted by Gasteiger charge is -2.09. The van der Waals surface area contributed by atoms with Gasteiger partial charge in [0.25, 0.3) is 0 Å². The maximum absolute atomic E-state index is 5.95. The molecule has 1 saturated carbocycles. The van der Waals surface area contributed by atoms with Gasteiger partial charge in [0.15, 0.2) is 5.16 Å². The van der Waals surface area contributed by atoms with E-state index in [1.54, 1.807) is 0 Å². The van der Waals surface area contributed by atoms with Gasteiger partial charge in [-0.25, -0.2) is 19.9 Å². The van der Waals surface area contributed by atoms with Crippen molar-refractivity contribution in [2.75, 3.05) is 17.2 Å². The zero-order chi connectivity index (χ0) is 14.3. The quantitative estimate of drug-likeness (QED) is 0.570. The van der Waals surface area contributed by atoms with Crippen molar-refractivity contribution in [3.05, 3.63) is 17.5 Å². The van der Waals surface area contributed by atoms with Crippen molar-refractivity contribution in [1.29, 1.82) is 0 Å². The highest BCUT2D eigenvalue weighted by Gasteiger charge is 2.28. The van der Waals surface area contributed by atoms with E-state index < -0.39 is 0 Å². The molecule has 0 bridgehead atoms. The highest BCUT2D eigenvalue weighted by atomic mass is 32.2. The molecule has 0 atom stereocenters. The number of nitrogen functional groups attached to an aromatic ring is 3. The van der Waals surface area contributed by atoms with Gasteiger partial charge in [-0.2, -0.15) is 0 Å². The van der Waals surface area contributed by atoms with Gasteiger partial charge in [-0.05, 0) is 31.5 Å². The number of anilines is 3. The minimum absolute atomic E-state index is 0.335. The van der Waals surface area contributed by atoms with Gasteiger partial charge in [0.05, 0.1) is 0 Å². The molecule has 2 aromatic heterocycles. The summed E-state index contributed by atoms with van der Waals surface area (Å²) in [5, 5.41) is 1.22. The minimum atomic E-state index is 0.335. The predicted molar refractivity (Wildman–Crippen MR) is 78.1 cm³/mol. The fraction of sp³-hybridized carbons (Fsp3) is 0.333. The van der Waals surface area contributed by atoms with Gasteiger partial charge < -0.3 is 17.2 Å². The van der Waals surface area contributed by atoms with Crippen LogP contribution in [0, 0.1) is 6.92 Å². The number of nitrogens with two attached hydrogens (primary N) is 3. The number of nitrogens with zero attached hydrogens (tertiary/aromatic N) is 4. The molecule has 0 spiro atoms. The molecule has 0 aliphatic heterocycles. The molecule has 0 radical (unpaired) electrons. The molecule has 0 aromatic carbocycles. The Morgan fingerprint density at radius 1 is 1.05 bits per heavy atom. The smallest absolute Gasteiger partial charge is 0.197 e. The van der Waals surface area contributed by atoms with Crippen LogP contribution in [0.25, 0.3) is 0 Å². The lowest BCUT2D eigenvalue weighted by Crippen LogP contribution is -2.04. The predicted octanol–water partition coefficient (Wildman–Crippen LogP) is 1.35. The van der Waals surface area contributed by atoms with Crippen molar-refractivity contribution in [3.8, 4) is 0 Å². The van der Waals surface area contributed by atoms with Crippen molar-refractivity contribution in [2.45, 2.75) is 35.9 Å². The highest BCUT2D eigenvalue weighted by Crippen LogP contribution is 2.40. The molecular formula is C12H15N7S. The van der Waals surface area contributed by atoms with Crippen molar-refractivity contribution >= 4 is 29.2 Å². The topological polar surface area (TPSA) is 130 Å². The molecule has 6 N–H and O–H groups in total. The van der Waals surface area contributed by atoms with Crippen LogP contribution >= 0.6 is 11.8 Å². The second-order valence-corrected chi connectivity index (χ2v) is 5.73. The first-order valence-electron chi connectivity index (χ1n) is 6.25. The number of hydrogen-bond acceptors (Lipinski definition) is 8. The van der Waals surface area contributed by atoms with E-state index >= 15 is 0 Å². The highest BCUT2D eigenvalue weighted by molar-refractivity contribution is 7.99. The summed E-state index contributed by atoms with van der Waals surface area (Å²) in [6, 6.07) is 1.51. The Morgan fingerprint density at radius 2 is 1.70 bits per heavy atom. The summed E-state index contributed by atoms with van der Waals surface area (Å²) in [5.41, 5.74) is 18.1. The summed E-state index contributed by atoms with van der Waals surface area (Å²) in [5.74, 6) is 2.40. The molecule has 7 nitrogen and oxygen atoms in total. The maximum Gasteiger partial charge on any atom is 0.197 e. The van der Waals surface area contributed by atoms with Crippen LogP contribution in [0.5, 0.6) is 0 Å². The zero-order valence-corrected chi connectivity index (χ0v) is 11.8. The van der Waals surface area contributed by atoms with Crippen LogP contribution in [0.4, 0.5) is 17.5 Å². The standard InChI is InChI=1S/C12H15N7S/c1-5-9(15)18-10(6-2-3-6)19-11(5)20-12-16-7(13)4-8(14)17-12/h4,6H,2-3H2,1H3,(H2,15,18,19)(H4,13,14,16,17). The third-order valence-electron chi connectivity index (χ3n) is 3.03. The Balaban J connectivity index is 1.96. The lowest BCUT2D eigenvalue weighted by molar-refractivity contribution is 0.864. The van der Waals surface area contributed by atoms with Gasteiger partial charge in [-0.1, -0.05) is 0 Å². The zero-order valence-electron chi connectivity index (χ0n) is 11.0. The number of rotatable bonds is 3. The number of hydrogen-bond donors (Lipinski definition) is 3. The van der Waals surface area contributed by atoms with E-state index in [1.807, 2.05) is 6.92 Å². The fourth-order valence-corrected chi connectivity index (χ4v) is 2.62. The summed E-state index contributed by atoms with van der Waals surface area (Å²) < 4.78 is 0. The van der Waals surface area contributed by atoms with Crippen molar-refractivity contribution < 1.29 is 0 Å². The lowest BCUT2D eigenvalue weighted by atomic mass is 10.3. The van der Waals surface area contributed by atoms with Crippen LogP contribution in [-0.2, 0) is 0 Å². The Morgan fingerprint density at radius 3 is 2.30 bits per heavy atom. The summed E-state index contributed by atoms with van der Waals surface area (Å²) >= 11 is 1.30. The molecule has 1 aliphatic carbocycles. The molecule has 104 valence electrons. The van der Waals surface area contributed by atoms with E-state index in [4.69, 9.17) is 17.2 Å². The second-order valence-electron chi connectivity index (χ2n) is 4.77. The molecule has 1 aliphatic rings. The third-order valence-corrected chi connectivity index (χ3v) is 3.99. The van der Waals surface area contributed by atoms with Gasteiger partial charge in [0, 0.05) is 17.5 Å². The molecule has 0 saturated heterocycles. The van der Waals surface area contributed by atoms with Gasteiger partial charge >= 0.3 is 0 Å². The van der Waals surface area contributed by atoms with Crippen LogP contribution in [0.3, 0.4) is 0 Å². The van der Waals surface area contributed by atoms with E-state index in [-0.39, 0.29) is 0 Å². The average molecular weight is 289 g/mol. The van der Waals surface area contributed by atoms with Crippen molar-refractivity contribution in [1.82, 2.24) is 19.9 Å². The first-order valence-corrected chi connectivity index (χ1v) is 7.06. The molecule has 2 heterocycles. The van der Waals surface area contributed by atoms with E-state index in [9.17, 15) is 0 Å². The molecule has 2 aromatic rings. The first-order chi connectivity index (χ1) is 9.52. The van der Waals surface area contributed by atoms with Crippen molar-refractivity contribution in [3.63, 3.8) is 0 Å². The summed E-state index contributed by atoms with van der Waals surface area (Å²) in [6.45, 7) is 1.88. The number of aromatic nitrogens is 4. The van der Waals surface area contributed by atoms with E-state index in [2.05, 4.69) is 19.9 Å². The van der Waals surface area contributed by atoms with Crippen LogP contribution in [0.15, 0.2) is 16.2 Å². The Bertz CT molecular complexity index is 649. The molecule has 1 fully saturated rings. The Labute approximate surface area is 120 Å². The van der Waals surface area contributed by atoms with Gasteiger partial charge in [-0.3, -0.25) is 0 Å². The van der Waals surface area contributed by atoms with Crippen LogP contribution in [-0.4, -0.2) is 19.9 Å². The summed E-state index contributed by atoms with van der Waals surface area (Å²) in [4.78, 5) is 17.2. The fourth-order valence-electron chi connectivity index (χ4n) is 1.75. The summed E-state index contributed by atoms with van der Waals surface area (Å²) in [7, 11) is 0. The van der Waals surface area contributed by atoms with Crippen LogP contribution < -0.4 is 17.2 Å². The monoisotopic (exact) mass is 289 g/mol. The van der Waals surface area contributed by atoms with Gasteiger partial charge in [0.1, 0.15) is 28.3 Å². The summed E-state index contributed by atoms with van der Waals surface area (Å²) in [6.07, 6.45) is 2.24. The molecule has 0 unspecified atom stereocenters. The van der Waals surface area contributed by atoms with E-state index in [1.165, 1.54) is 17.8 Å². The van der Waals surface area contributed by atoms with Gasteiger partial charge in [0.2, 0.25) is 0 Å². The van der Waals surface area contributed by atoms with E-state index in [0.717, 1.165) is 29.3 Å². The largest absolute Gasteiger partial charge is 0.383 e. The SMILES string of the molecule is Cc1c(N)nc(C2CC2)nc1Sc1nc(N)cc(N)n1. The molecule has 20 heavy (non-hydrogen) atoms. The maximum atomic E-state index is 5.95. The third kappa shape index (κ3) is 2.60. The normalized spacial score (nSPS) is 14.4. The average Bonchev–Trinajstić information content (AvgIpc) is 3.17. The molecule has 3 rings (SSSR count). The minimum Gasteiger partial charge on any atom is -0.383 e. The Kier molecular flexibility index (Phi) is 3.09. The van der Waals surface area contributed by atoms with Crippen molar-refractivity contribution in [2.24, 2.45) is 0 Å². The molecule has 8 heteroatoms. The molecular weight excluding hydrogens is 274 g/mol. The Hall–Kier alpha value is -2.09. The molecule has 0 amide bonds. The van der Waals surface area contributed by atoms with Crippen LogP contribution in [0.2, 0.25) is 0 Å². The van der Waals surface area contributed by atoms with Gasteiger partial charge in [-0.15, -0.1) is 0 Å². The van der Waals surface area contributed by atoms with Crippen LogP contribution in [0.1, 0.15) is 30.1 Å².